The van der Waals surface area contributed by atoms with Gasteiger partial charge in [0.1, 0.15) is 4.90 Å². The topological polar surface area (TPSA) is 96.0 Å². The Morgan fingerprint density at radius 1 is 1.06 bits per heavy atom. The van der Waals surface area contributed by atoms with Crippen molar-refractivity contribution < 1.29 is 22.7 Å². The zero-order chi connectivity index (χ0) is 24.0. The van der Waals surface area contributed by atoms with Crippen LogP contribution in [-0.4, -0.2) is 57.4 Å². The van der Waals surface area contributed by atoms with Gasteiger partial charge in [0.2, 0.25) is 10.0 Å². The van der Waals surface area contributed by atoms with Crippen LogP contribution in [0.5, 0.6) is 0 Å². The molecule has 2 aromatic carbocycles. The van der Waals surface area contributed by atoms with Crippen LogP contribution in [-0.2, 0) is 19.6 Å². The van der Waals surface area contributed by atoms with Crippen molar-refractivity contribution in [2.45, 2.75) is 31.6 Å². The molecule has 8 nitrogen and oxygen atoms in total. The van der Waals surface area contributed by atoms with Gasteiger partial charge in [0.05, 0.1) is 10.6 Å². The highest BCUT2D eigenvalue weighted by Crippen LogP contribution is 2.26. The van der Waals surface area contributed by atoms with E-state index in [1.165, 1.54) is 35.3 Å². The highest BCUT2D eigenvalue weighted by Gasteiger charge is 2.26. The van der Waals surface area contributed by atoms with E-state index < -0.39 is 28.5 Å². The number of nitrogens with zero attached hydrogens (tertiary/aromatic N) is 2. The van der Waals surface area contributed by atoms with Crippen molar-refractivity contribution in [3.63, 3.8) is 0 Å². The molecule has 0 radical (unpaired) electrons. The standard InChI is InChI=1S/C23H28ClN3O5S/c1-3-27(4-2)33(30,31)21-15-17(7-12-20(21)24)23(29)32-16-22(28)25-18-8-10-19(11-9-18)26-13-5-6-14-26/h7-12,15H,3-6,13-14,16H2,1-2H3,(H,25,28). The van der Waals surface area contributed by atoms with E-state index >= 15 is 0 Å². The molecule has 0 bridgehead atoms. The second kappa shape index (κ2) is 11.0. The molecular weight excluding hydrogens is 466 g/mol. The molecule has 1 fully saturated rings. The number of sulfonamides is 1. The van der Waals surface area contributed by atoms with E-state index in [1.54, 1.807) is 26.0 Å². The van der Waals surface area contributed by atoms with Crippen LogP contribution in [0.4, 0.5) is 11.4 Å². The Morgan fingerprint density at radius 2 is 1.70 bits per heavy atom. The lowest BCUT2D eigenvalue weighted by molar-refractivity contribution is -0.119. The Hall–Kier alpha value is -2.62. The normalized spacial score (nSPS) is 13.9. The highest BCUT2D eigenvalue weighted by molar-refractivity contribution is 7.89. The number of rotatable bonds is 9. The largest absolute Gasteiger partial charge is 0.452 e. The fraction of sp³-hybridized carbons (Fsp3) is 0.391. The fourth-order valence-electron chi connectivity index (χ4n) is 3.67. The van der Waals surface area contributed by atoms with E-state index in [0.29, 0.717) is 5.69 Å². The molecule has 1 aliphatic rings. The zero-order valence-corrected chi connectivity index (χ0v) is 20.3. The molecule has 33 heavy (non-hydrogen) atoms. The molecule has 0 unspecified atom stereocenters. The summed E-state index contributed by atoms with van der Waals surface area (Å²) in [5, 5.41) is 2.69. The van der Waals surface area contributed by atoms with E-state index in [9.17, 15) is 18.0 Å². The first-order valence-electron chi connectivity index (χ1n) is 10.9. The van der Waals surface area contributed by atoms with Gasteiger partial charge in [-0.2, -0.15) is 4.31 Å². The number of ether oxygens (including phenoxy) is 1. The van der Waals surface area contributed by atoms with Gasteiger partial charge in [-0.25, -0.2) is 13.2 Å². The van der Waals surface area contributed by atoms with Crippen LogP contribution < -0.4 is 10.2 Å². The minimum atomic E-state index is -3.86. The molecule has 1 N–H and O–H groups in total. The van der Waals surface area contributed by atoms with Crippen LogP contribution in [0.1, 0.15) is 37.0 Å². The smallest absolute Gasteiger partial charge is 0.338 e. The van der Waals surface area contributed by atoms with Gasteiger partial charge in [-0.05, 0) is 55.3 Å². The number of benzene rings is 2. The first-order chi connectivity index (χ1) is 15.8. The van der Waals surface area contributed by atoms with Crippen LogP contribution in [0.25, 0.3) is 0 Å². The van der Waals surface area contributed by atoms with Crippen LogP contribution in [0.3, 0.4) is 0 Å². The Bertz CT molecular complexity index is 1100. The van der Waals surface area contributed by atoms with Gasteiger partial charge in [0.25, 0.3) is 5.91 Å². The molecule has 0 spiro atoms. The van der Waals surface area contributed by atoms with Gasteiger partial charge >= 0.3 is 5.97 Å². The number of anilines is 2. The summed E-state index contributed by atoms with van der Waals surface area (Å²) in [6.45, 7) is 5.52. The lowest BCUT2D eigenvalue weighted by atomic mass is 10.2. The predicted octanol–water partition coefficient (Wildman–Crippen LogP) is 3.77. The van der Waals surface area contributed by atoms with E-state index in [2.05, 4.69) is 10.2 Å². The lowest BCUT2D eigenvalue weighted by Gasteiger charge is -2.19. The second-order valence-corrected chi connectivity index (χ2v) is 9.91. The molecule has 3 rings (SSSR count). The summed E-state index contributed by atoms with van der Waals surface area (Å²) in [5.41, 5.74) is 1.70. The Kier molecular flexibility index (Phi) is 8.34. The SMILES string of the molecule is CCN(CC)S(=O)(=O)c1cc(C(=O)OCC(=O)Nc2ccc(N3CCCC3)cc2)ccc1Cl. The summed E-state index contributed by atoms with van der Waals surface area (Å²) in [6, 6.07) is 11.4. The monoisotopic (exact) mass is 493 g/mol. The van der Waals surface area contributed by atoms with Crippen LogP contribution in [0, 0.1) is 0 Å². The van der Waals surface area contributed by atoms with Crippen molar-refractivity contribution in [3.05, 3.63) is 53.1 Å². The van der Waals surface area contributed by atoms with Gasteiger partial charge in [-0.15, -0.1) is 0 Å². The Balaban J connectivity index is 1.60. The molecule has 1 heterocycles. The average molecular weight is 494 g/mol. The third-order valence-corrected chi connectivity index (χ3v) is 7.98. The zero-order valence-electron chi connectivity index (χ0n) is 18.7. The van der Waals surface area contributed by atoms with Crippen LogP contribution in [0.2, 0.25) is 5.02 Å². The van der Waals surface area contributed by atoms with Crippen molar-refractivity contribution in [2.75, 3.05) is 43.0 Å². The molecule has 0 aliphatic carbocycles. The van der Waals surface area contributed by atoms with Gasteiger partial charge in [0.15, 0.2) is 6.61 Å². The number of nitrogens with one attached hydrogen (secondary N) is 1. The number of hydrogen-bond donors (Lipinski definition) is 1. The first-order valence-corrected chi connectivity index (χ1v) is 12.7. The van der Waals surface area contributed by atoms with E-state index in [4.69, 9.17) is 16.3 Å². The van der Waals surface area contributed by atoms with E-state index in [0.717, 1.165) is 18.8 Å². The Labute approximate surface area is 199 Å². The summed E-state index contributed by atoms with van der Waals surface area (Å²) in [5.74, 6) is -1.32. The van der Waals surface area contributed by atoms with Crippen molar-refractivity contribution in [2.24, 2.45) is 0 Å². The average Bonchev–Trinajstić information content (AvgIpc) is 3.34. The maximum atomic E-state index is 12.8. The van der Waals surface area contributed by atoms with Crippen molar-refractivity contribution >= 4 is 44.9 Å². The minimum absolute atomic E-state index is 0.00658. The van der Waals surface area contributed by atoms with Gasteiger partial charge < -0.3 is 15.0 Å². The summed E-state index contributed by atoms with van der Waals surface area (Å²) in [6.07, 6.45) is 2.36. The number of carbonyl (C=O) groups is 2. The van der Waals surface area contributed by atoms with Crippen molar-refractivity contribution in [1.29, 1.82) is 0 Å². The Morgan fingerprint density at radius 3 is 2.30 bits per heavy atom. The van der Waals surface area contributed by atoms with Crippen molar-refractivity contribution in [3.8, 4) is 0 Å². The molecular formula is C23H28ClN3O5S. The minimum Gasteiger partial charge on any atom is -0.452 e. The number of halogens is 1. The number of esters is 1. The van der Waals surface area contributed by atoms with Crippen LogP contribution >= 0.6 is 11.6 Å². The maximum Gasteiger partial charge on any atom is 0.338 e. The number of hydrogen-bond acceptors (Lipinski definition) is 6. The van der Waals surface area contributed by atoms with E-state index in [-0.39, 0.29) is 28.6 Å². The molecule has 1 amide bonds. The summed E-state index contributed by atoms with van der Waals surface area (Å²) < 4.78 is 31.9. The van der Waals surface area contributed by atoms with Crippen molar-refractivity contribution in [1.82, 2.24) is 4.31 Å². The summed E-state index contributed by atoms with van der Waals surface area (Å²) >= 11 is 6.09. The lowest BCUT2D eigenvalue weighted by Crippen LogP contribution is -2.31. The maximum absolute atomic E-state index is 12.8. The first kappa shape index (κ1) is 25.0. The predicted molar refractivity (Wildman–Crippen MR) is 128 cm³/mol. The molecule has 1 aliphatic heterocycles. The second-order valence-electron chi connectivity index (χ2n) is 7.60. The number of carbonyl (C=O) groups excluding carboxylic acids is 2. The van der Waals surface area contributed by atoms with Crippen LogP contribution in [0.15, 0.2) is 47.4 Å². The molecule has 178 valence electrons. The molecule has 2 aromatic rings. The van der Waals surface area contributed by atoms with E-state index in [1.807, 2.05) is 12.1 Å². The molecule has 0 saturated carbocycles. The molecule has 1 saturated heterocycles. The number of amides is 1. The molecule has 0 aromatic heterocycles. The third-order valence-electron chi connectivity index (χ3n) is 5.45. The summed E-state index contributed by atoms with van der Waals surface area (Å²) in [4.78, 5) is 26.8. The van der Waals surface area contributed by atoms with Gasteiger partial charge in [-0.1, -0.05) is 25.4 Å². The molecule has 10 heteroatoms. The highest BCUT2D eigenvalue weighted by atomic mass is 35.5. The third kappa shape index (κ3) is 6.04. The van der Waals surface area contributed by atoms with Gasteiger partial charge in [0, 0.05) is 37.6 Å². The quantitative estimate of drug-likeness (QED) is 0.534. The van der Waals surface area contributed by atoms with Gasteiger partial charge in [-0.3, -0.25) is 4.79 Å². The summed E-state index contributed by atoms with van der Waals surface area (Å²) in [7, 11) is -3.86. The fourth-order valence-corrected chi connectivity index (χ4v) is 5.63. The molecule has 0 atom stereocenters.